The molecule has 0 aromatic carbocycles. The molecular formula is C10H17NO2. The number of aliphatic hydroxyl groups excluding tert-OH is 1. The molecule has 0 radical (unpaired) electrons. The van der Waals surface area contributed by atoms with E-state index in [0.717, 1.165) is 6.42 Å². The Morgan fingerprint density at radius 3 is 2.77 bits per heavy atom. The van der Waals surface area contributed by atoms with Gasteiger partial charge in [-0.3, -0.25) is 4.79 Å². The quantitative estimate of drug-likeness (QED) is 0.633. The Morgan fingerprint density at radius 1 is 1.62 bits per heavy atom. The van der Waals surface area contributed by atoms with Crippen molar-refractivity contribution in [2.24, 2.45) is 11.8 Å². The lowest BCUT2D eigenvalue weighted by Gasteiger charge is -2.14. The molecule has 2 unspecified atom stereocenters. The fraction of sp³-hybridized carbons (Fsp3) is 0.700. The van der Waals surface area contributed by atoms with Crippen molar-refractivity contribution in [2.45, 2.75) is 26.3 Å². The van der Waals surface area contributed by atoms with E-state index in [1.165, 1.54) is 0 Å². The minimum absolute atomic E-state index is 0.0292. The molecule has 0 aromatic rings. The largest absolute Gasteiger partial charge is 0.396 e. The normalized spacial score (nSPS) is 26.8. The molecular weight excluding hydrogens is 166 g/mol. The van der Waals surface area contributed by atoms with E-state index in [9.17, 15) is 4.79 Å². The van der Waals surface area contributed by atoms with Crippen LogP contribution in [0.5, 0.6) is 0 Å². The van der Waals surface area contributed by atoms with Crippen molar-refractivity contribution in [2.75, 3.05) is 6.61 Å². The molecule has 13 heavy (non-hydrogen) atoms. The van der Waals surface area contributed by atoms with Crippen molar-refractivity contribution in [1.29, 1.82) is 0 Å². The fourth-order valence-corrected chi connectivity index (χ4v) is 1.37. The predicted octanol–water partition coefficient (Wildman–Crippen LogP) is 0.696. The van der Waals surface area contributed by atoms with Crippen molar-refractivity contribution < 1.29 is 9.90 Å². The van der Waals surface area contributed by atoms with Crippen LogP contribution >= 0.6 is 0 Å². The van der Waals surface area contributed by atoms with E-state index in [0.29, 0.717) is 0 Å². The molecule has 1 aliphatic rings. The number of aliphatic hydroxyl groups is 1. The van der Waals surface area contributed by atoms with Gasteiger partial charge in [0.05, 0.1) is 0 Å². The van der Waals surface area contributed by atoms with Crippen LogP contribution in [0, 0.1) is 11.8 Å². The average Bonchev–Trinajstić information content (AvgIpc) is 2.52. The van der Waals surface area contributed by atoms with Crippen LogP contribution in [0.25, 0.3) is 0 Å². The van der Waals surface area contributed by atoms with Crippen molar-refractivity contribution in [3.05, 3.63) is 12.2 Å². The molecule has 1 aliphatic carbocycles. The van der Waals surface area contributed by atoms with E-state index in [1.54, 1.807) is 0 Å². The first-order valence-electron chi connectivity index (χ1n) is 4.73. The van der Waals surface area contributed by atoms with Crippen LogP contribution in [0.4, 0.5) is 0 Å². The van der Waals surface area contributed by atoms with Gasteiger partial charge in [0.25, 0.3) is 0 Å². The summed E-state index contributed by atoms with van der Waals surface area (Å²) in [5.74, 6) is 0.326. The van der Waals surface area contributed by atoms with Gasteiger partial charge in [0.1, 0.15) is 0 Å². The van der Waals surface area contributed by atoms with Gasteiger partial charge in [0.15, 0.2) is 0 Å². The second-order valence-corrected chi connectivity index (χ2v) is 3.83. The summed E-state index contributed by atoms with van der Waals surface area (Å²) in [6.07, 6.45) is 4.75. The Bertz CT molecular complexity index is 211. The van der Waals surface area contributed by atoms with Gasteiger partial charge in [-0.05, 0) is 6.42 Å². The highest BCUT2D eigenvalue weighted by Crippen LogP contribution is 2.17. The molecule has 0 fully saturated rings. The van der Waals surface area contributed by atoms with Crippen LogP contribution in [0.15, 0.2) is 12.2 Å². The molecule has 1 amide bonds. The van der Waals surface area contributed by atoms with Gasteiger partial charge >= 0.3 is 0 Å². The lowest BCUT2D eigenvalue weighted by Crippen LogP contribution is -2.35. The molecule has 3 heteroatoms. The second kappa shape index (κ2) is 4.42. The molecule has 0 spiro atoms. The van der Waals surface area contributed by atoms with Crippen LogP contribution in [-0.4, -0.2) is 23.7 Å². The van der Waals surface area contributed by atoms with Crippen LogP contribution in [0.2, 0.25) is 0 Å². The number of rotatable bonds is 3. The lowest BCUT2D eigenvalue weighted by atomic mass is 10.1. The molecule has 2 N–H and O–H groups in total. The molecule has 3 nitrogen and oxygen atoms in total. The third-order valence-corrected chi connectivity index (χ3v) is 2.26. The zero-order valence-electron chi connectivity index (χ0n) is 8.16. The zero-order valence-corrected chi connectivity index (χ0v) is 8.16. The summed E-state index contributed by atoms with van der Waals surface area (Å²) in [6.45, 7) is 3.92. The minimum atomic E-state index is 0.0292. The van der Waals surface area contributed by atoms with Gasteiger partial charge in [0, 0.05) is 24.5 Å². The van der Waals surface area contributed by atoms with Crippen molar-refractivity contribution in [3.8, 4) is 0 Å². The summed E-state index contributed by atoms with van der Waals surface area (Å²) in [4.78, 5) is 11.3. The maximum absolute atomic E-state index is 11.3. The predicted molar refractivity (Wildman–Crippen MR) is 51.1 cm³/mol. The smallest absolute Gasteiger partial charge is 0.223 e. The Balaban J connectivity index is 2.33. The second-order valence-electron chi connectivity index (χ2n) is 3.83. The van der Waals surface area contributed by atoms with Gasteiger partial charge in [-0.25, -0.2) is 0 Å². The molecule has 0 saturated heterocycles. The Kier molecular flexibility index (Phi) is 3.48. The zero-order chi connectivity index (χ0) is 9.84. The molecule has 0 bridgehead atoms. The Morgan fingerprint density at radius 2 is 2.31 bits per heavy atom. The number of nitrogens with one attached hydrogen (secondary N) is 1. The number of amides is 1. The van der Waals surface area contributed by atoms with Crippen LogP contribution in [0.1, 0.15) is 20.3 Å². The van der Waals surface area contributed by atoms with E-state index < -0.39 is 0 Å². The number of carbonyl (C=O) groups is 1. The average molecular weight is 183 g/mol. The summed E-state index contributed by atoms with van der Waals surface area (Å²) < 4.78 is 0. The van der Waals surface area contributed by atoms with Gasteiger partial charge in [-0.1, -0.05) is 26.0 Å². The monoisotopic (exact) mass is 183 g/mol. The summed E-state index contributed by atoms with van der Waals surface area (Å²) in [5.41, 5.74) is 0. The van der Waals surface area contributed by atoms with Gasteiger partial charge < -0.3 is 10.4 Å². The van der Waals surface area contributed by atoms with E-state index in [1.807, 2.05) is 26.0 Å². The standard InChI is InChI=1S/C10H17NO2/c1-7(2)10(13)11-9-4-3-8(5-9)6-12/h3-4,7-9,12H,5-6H2,1-2H3,(H,11,13). The maximum Gasteiger partial charge on any atom is 0.223 e. The van der Waals surface area contributed by atoms with E-state index in [4.69, 9.17) is 5.11 Å². The van der Waals surface area contributed by atoms with Crippen molar-refractivity contribution in [3.63, 3.8) is 0 Å². The van der Waals surface area contributed by atoms with Gasteiger partial charge in [0.2, 0.25) is 5.91 Å². The summed E-state index contributed by atoms with van der Waals surface area (Å²) >= 11 is 0. The number of hydrogen-bond acceptors (Lipinski definition) is 2. The lowest BCUT2D eigenvalue weighted by molar-refractivity contribution is -0.124. The third-order valence-electron chi connectivity index (χ3n) is 2.26. The molecule has 0 aromatic heterocycles. The topological polar surface area (TPSA) is 49.3 Å². The highest BCUT2D eigenvalue weighted by molar-refractivity contribution is 5.78. The Hall–Kier alpha value is -0.830. The molecule has 2 atom stereocenters. The van der Waals surface area contributed by atoms with Crippen LogP contribution in [0.3, 0.4) is 0 Å². The summed E-state index contributed by atoms with van der Waals surface area (Å²) in [6, 6.07) is 0.118. The van der Waals surface area contributed by atoms with Crippen molar-refractivity contribution in [1.82, 2.24) is 5.32 Å². The SMILES string of the molecule is CC(C)C(=O)NC1C=CC(CO)C1. The van der Waals surface area contributed by atoms with E-state index in [2.05, 4.69) is 5.32 Å². The highest BCUT2D eigenvalue weighted by Gasteiger charge is 2.20. The summed E-state index contributed by atoms with van der Waals surface area (Å²) in [5, 5.41) is 11.8. The van der Waals surface area contributed by atoms with Gasteiger partial charge in [-0.15, -0.1) is 0 Å². The maximum atomic E-state index is 11.3. The molecule has 0 saturated carbocycles. The van der Waals surface area contributed by atoms with E-state index >= 15 is 0 Å². The van der Waals surface area contributed by atoms with E-state index in [-0.39, 0.29) is 30.4 Å². The first-order valence-corrected chi connectivity index (χ1v) is 4.73. The molecule has 0 aliphatic heterocycles. The molecule has 0 heterocycles. The van der Waals surface area contributed by atoms with Crippen molar-refractivity contribution >= 4 is 5.91 Å². The first kappa shape index (κ1) is 10.3. The molecule has 74 valence electrons. The Labute approximate surface area is 78.8 Å². The number of carbonyl (C=O) groups excluding carboxylic acids is 1. The fourth-order valence-electron chi connectivity index (χ4n) is 1.37. The number of hydrogen-bond donors (Lipinski definition) is 2. The van der Waals surface area contributed by atoms with Crippen LogP contribution in [-0.2, 0) is 4.79 Å². The third kappa shape index (κ3) is 2.84. The minimum Gasteiger partial charge on any atom is -0.396 e. The van der Waals surface area contributed by atoms with Gasteiger partial charge in [-0.2, -0.15) is 0 Å². The molecule has 1 rings (SSSR count). The first-order chi connectivity index (χ1) is 6.13. The highest BCUT2D eigenvalue weighted by atomic mass is 16.3. The summed E-state index contributed by atoms with van der Waals surface area (Å²) in [7, 11) is 0. The van der Waals surface area contributed by atoms with Crippen LogP contribution < -0.4 is 5.32 Å².